The zero-order valence-electron chi connectivity index (χ0n) is 17.3. The fourth-order valence-electron chi connectivity index (χ4n) is 3.51. The first-order valence-electron chi connectivity index (χ1n) is 10.2. The van der Waals surface area contributed by atoms with Gasteiger partial charge in [-0.2, -0.15) is 0 Å². The van der Waals surface area contributed by atoms with Gasteiger partial charge in [0.15, 0.2) is 4.34 Å². The third-order valence-corrected chi connectivity index (χ3v) is 7.37. The van der Waals surface area contributed by atoms with Gasteiger partial charge in [-0.1, -0.05) is 77.7 Å². The Labute approximate surface area is 190 Å². The van der Waals surface area contributed by atoms with Gasteiger partial charge in [0.2, 0.25) is 16.9 Å². The number of anilines is 1. The Morgan fingerprint density at radius 3 is 2.74 bits per heavy atom. The quantitative estimate of drug-likeness (QED) is 0.410. The molecule has 4 rings (SSSR count). The average molecular weight is 453 g/mol. The van der Waals surface area contributed by atoms with Gasteiger partial charge in [-0.15, -0.1) is 10.2 Å². The SMILES string of the molecule is Cc1ccccc1CSc1nnc(NC(=O)C2CC(=O)N(CCc3ccccc3)C2)s1. The summed E-state index contributed by atoms with van der Waals surface area (Å²) >= 11 is 2.97. The molecule has 1 fully saturated rings. The number of carbonyl (C=O) groups excluding carboxylic acids is 2. The zero-order chi connectivity index (χ0) is 21.6. The number of aryl methyl sites for hydroxylation is 1. The van der Waals surface area contributed by atoms with E-state index in [-0.39, 0.29) is 24.2 Å². The predicted molar refractivity (Wildman–Crippen MR) is 124 cm³/mol. The molecule has 1 N–H and O–H groups in total. The molecule has 0 spiro atoms. The Morgan fingerprint density at radius 2 is 1.94 bits per heavy atom. The highest BCUT2D eigenvalue weighted by Gasteiger charge is 2.34. The summed E-state index contributed by atoms with van der Waals surface area (Å²) < 4.78 is 0.811. The number of hydrogen-bond acceptors (Lipinski definition) is 6. The highest BCUT2D eigenvalue weighted by molar-refractivity contribution is 8.00. The van der Waals surface area contributed by atoms with Crippen molar-refractivity contribution in [3.05, 3.63) is 71.3 Å². The van der Waals surface area contributed by atoms with E-state index in [1.807, 2.05) is 30.3 Å². The van der Waals surface area contributed by atoms with E-state index < -0.39 is 0 Å². The third-order valence-electron chi connectivity index (χ3n) is 5.35. The number of hydrogen-bond donors (Lipinski definition) is 1. The third kappa shape index (κ3) is 5.71. The van der Waals surface area contributed by atoms with Gasteiger partial charge in [0.25, 0.3) is 0 Å². The zero-order valence-corrected chi connectivity index (χ0v) is 18.9. The molecule has 31 heavy (non-hydrogen) atoms. The summed E-state index contributed by atoms with van der Waals surface area (Å²) in [5, 5.41) is 11.6. The van der Waals surface area contributed by atoms with Crippen LogP contribution < -0.4 is 5.32 Å². The van der Waals surface area contributed by atoms with E-state index in [0.29, 0.717) is 18.2 Å². The molecule has 160 valence electrons. The van der Waals surface area contributed by atoms with Crippen molar-refractivity contribution >= 4 is 40.0 Å². The highest BCUT2D eigenvalue weighted by Crippen LogP contribution is 2.30. The molecule has 1 atom stereocenters. The maximum absolute atomic E-state index is 12.7. The lowest BCUT2D eigenvalue weighted by Crippen LogP contribution is -2.30. The maximum atomic E-state index is 12.7. The van der Waals surface area contributed by atoms with E-state index in [1.165, 1.54) is 28.0 Å². The number of nitrogens with zero attached hydrogens (tertiary/aromatic N) is 3. The number of benzene rings is 2. The lowest BCUT2D eigenvalue weighted by molar-refractivity contribution is -0.128. The molecule has 6 nitrogen and oxygen atoms in total. The van der Waals surface area contributed by atoms with Gasteiger partial charge in [0.1, 0.15) is 0 Å². The van der Waals surface area contributed by atoms with Gasteiger partial charge in [-0.3, -0.25) is 9.59 Å². The first-order valence-corrected chi connectivity index (χ1v) is 12.0. The van der Waals surface area contributed by atoms with Crippen molar-refractivity contribution in [3.8, 4) is 0 Å². The Balaban J connectivity index is 1.27. The van der Waals surface area contributed by atoms with Crippen molar-refractivity contribution < 1.29 is 9.59 Å². The first kappa shape index (κ1) is 21.5. The molecule has 2 amide bonds. The standard InChI is InChI=1S/C23H24N4O2S2/c1-16-7-5-6-10-18(16)15-30-23-26-25-22(31-23)24-21(29)19-13-20(28)27(14-19)12-11-17-8-3-2-4-9-17/h2-10,19H,11-15H2,1H3,(H,24,25,29). The van der Waals surface area contributed by atoms with E-state index in [0.717, 1.165) is 16.5 Å². The second-order valence-corrected chi connectivity index (χ2v) is 9.75. The number of amides is 2. The van der Waals surface area contributed by atoms with Crippen molar-refractivity contribution in [2.24, 2.45) is 5.92 Å². The van der Waals surface area contributed by atoms with Crippen LogP contribution in [0.2, 0.25) is 0 Å². The number of likely N-dealkylation sites (tertiary alicyclic amines) is 1. The van der Waals surface area contributed by atoms with Crippen molar-refractivity contribution in [2.45, 2.75) is 29.9 Å². The van der Waals surface area contributed by atoms with Gasteiger partial charge in [0.05, 0.1) is 5.92 Å². The van der Waals surface area contributed by atoms with Crippen LogP contribution in [0.25, 0.3) is 0 Å². The summed E-state index contributed by atoms with van der Waals surface area (Å²) in [5.74, 6) is 0.322. The lowest BCUT2D eigenvalue weighted by atomic mass is 10.1. The van der Waals surface area contributed by atoms with Crippen molar-refractivity contribution in [1.29, 1.82) is 0 Å². The minimum absolute atomic E-state index is 0.0304. The van der Waals surface area contributed by atoms with Gasteiger partial charge in [-0.25, -0.2) is 0 Å². The van der Waals surface area contributed by atoms with E-state index in [4.69, 9.17) is 0 Å². The summed E-state index contributed by atoms with van der Waals surface area (Å²) in [6.45, 7) is 3.17. The summed E-state index contributed by atoms with van der Waals surface area (Å²) in [5.41, 5.74) is 3.69. The van der Waals surface area contributed by atoms with Crippen LogP contribution in [0.1, 0.15) is 23.1 Å². The summed E-state index contributed by atoms with van der Waals surface area (Å²) in [7, 11) is 0. The monoisotopic (exact) mass is 452 g/mol. The molecule has 0 bridgehead atoms. The Kier molecular flexibility index (Phi) is 6.99. The number of thioether (sulfide) groups is 1. The second kappa shape index (κ2) is 10.1. The van der Waals surface area contributed by atoms with Gasteiger partial charge < -0.3 is 10.2 Å². The smallest absolute Gasteiger partial charge is 0.231 e. The minimum atomic E-state index is -0.352. The first-order chi connectivity index (χ1) is 15.1. The fourth-order valence-corrected chi connectivity index (χ4v) is 5.34. The van der Waals surface area contributed by atoms with Crippen LogP contribution in [0.5, 0.6) is 0 Å². The molecule has 1 aliphatic heterocycles. The average Bonchev–Trinajstić information content (AvgIpc) is 3.38. The van der Waals surface area contributed by atoms with E-state index >= 15 is 0 Å². The van der Waals surface area contributed by atoms with Crippen molar-refractivity contribution in [1.82, 2.24) is 15.1 Å². The normalized spacial score (nSPS) is 16.0. The predicted octanol–water partition coefficient (Wildman–Crippen LogP) is 4.17. The molecule has 0 radical (unpaired) electrons. The minimum Gasteiger partial charge on any atom is -0.342 e. The molecule has 8 heteroatoms. The van der Waals surface area contributed by atoms with Crippen molar-refractivity contribution in [3.63, 3.8) is 0 Å². The van der Waals surface area contributed by atoms with Crippen LogP contribution in [0.4, 0.5) is 5.13 Å². The highest BCUT2D eigenvalue weighted by atomic mass is 32.2. The van der Waals surface area contributed by atoms with Gasteiger partial charge >= 0.3 is 0 Å². The van der Waals surface area contributed by atoms with Crippen LogP contribution in [-0.2, 0) is 21.8 Å². The number of rotatable bonds is 8. The van der Waals surface area contributed by atoms with Crippen LogP contribution in [0, 0.1) is 12.8 Å². The van der Waals surface area contributed by atoms with Gasteiger partial charge in [-0.05, 0) is 30.0 Å². The molecule has 0 aliphatic carbocycles. The van der Waals surface area contributed by atoms with Gasteiger partial charge in [0, 0.05) is 25.3 Å². The van der Waals surface area contributed by atoms with E-state index in [2.05, 4.69) is 46.7 Å². The molecular formula is C23H24N4O2S2. The Morgan fingerprint density at radius 1 is 1.16 bits per heavy atom. The topological polar surface area (TPSA) is 75.2 Å². The summed E-state index contributed by atoms with van der Waals surface area (Å²) in [6.07, 6.45) is 1.03. The molecule has 2 heterocycles. The van der Waals surface area contributed by atoms with E-state index in [1.54, 1.807) is 16.7 Å². The number of aromatic nitrogens is 2. The molecule has 3 aromatic rings. The Bertz CT molecular complexity index is 1050. The number of carbonyl (C=O) groups is 2. The molecular weight excluding hydrogens is 428 g/mol. The van der Waals surface area contributed by atoms with Crippen LogP contribution in [0.15, 0.2) is 58.9 Å². The molecule has 0 saturated carbocycles. The fraction of sp³-hybridized carbons (Fsp3) is 0.304. The van der Waals surface area contributed by atoms with Crippen LogP contribution in [-0.4, -0.2) is 40.0 Å². The molecule has 1 aliphatic rings. The largest absolute Gasteiger partial charge is 0.342 e. The second-order valence-electron chi connectivity index (χ2n) is 7.55. The summed E-state index contributed by atoms with van der Waals surface area (Å²) in [6, 6.07) is 18.3. The Hall–Kier alpha value is -2.71. The van der Waals surface area contributed by atoms with E-state index in [9.17, 15) is 9.59 Å². The van der Waals surface area contributed by atoms with Crippen LogP contribution in [0.3, 0.4) is 0 Å². The number of nitrogens with one attached hydrogen (secondary N) is 1. The molecule has 1 saturated heterocycles. The molecule has 2 aromatic carbocycles. The molecule has 1 aromatic heterocycles. The maximum Gasteiger partial charge on any atom is 0.231 e. The summed E-state index contributed by atoms with van der Waals surface area (Å²) in [4.78, 5) is 26.8. The van der Waals surface area contributed by atoms with Crippen molar-refractivity contribution in [2.75, 3.05) is 18.4 Å². The lowest BCUT2D eigenvalue weighted by Gasteiger charge is -2.16. The molecule has 1 unspecified atom stereocenters. The van der Waals surface area contributed by atoms with Crippen LogP contribution >= 0.6 is 23.1 Å².